The molecule has 0 spiro atoms. The van der Waals surface area contributed by atoms with E-state index in [0.29, 0.717) is 11.8 Å². The number of benzene rings is 1. The summed E-state index contributed by atoms with van der Waals surface area (Å²) in [6.45, 7) is 6.32. The van der Waals surface area contributed by atoms with Crippen LogP contribution in [0.1, 0.15) is 38.3 Å². The topological polar surface area (TPSA) is 0 Å². The summed E-state index contributed by atoms with van der Waals surface area (Å²) < 4.78 is 37.4. The van der Waals surface area contributed by atoms with Gasteiger partial charge in [-0.25, -0.2) is 0 Å². The van der Waals surface area contributed by atoms with E-state index in [1.807, 2.05) is 0 Å². The number of hydrogen-bond acceptors (Lipinski definition) is 0. The maximum Gasteiger partial charge on any atom is 0.416 e. The van der Waals surface area contributed by atoms with Crippen molar-refractivity contribution in [3.8, 4) is 0 Å². The molecule has 0 bridgehead atoms. The van der Waals surface area contributed by atoms with E-state index in [1.165, 1.54) is 0 Å². The highest BCUT2D eigenvalue weighted by Crippen LogP contribution is 2.32. The molecule has 0 amide bonds. The molecule has 0 radical (unpaired) electrons. The molecule has 0 saturated heterocycles. The van der Waals surface area contributed by atoms with Crippen LogP contribution in [-0.4, -0.2) is 5.88 Å². The predicted molar refractivity (Wildman–Crippen MR) is 73.4 cm³/mol. The van der Waals surface area contributed by atoms with Crippen LogP contribution in [0.5, 0.6) is 0 Å². The summed E-state index contributed by atoms with van der Waals surface area (Å²) in [5, 5.41) is 0. The van der Waals surface area contributed by atoms with Gasteiger partial charge in [-0.1, -0.05) is 32.9 Å². The van der Waals surface area contributed by atoms with Gasteiger partial charge in [0, 0.05) is 5.88 Å². The third-order valence-electron chi connectivity index (χ3n) is 3.13. The maximum atomic E-state index is 12.5. The average molecular weight is 293 g/mol. The van der Waals surface area contributed by atoms with Gasteiger partial charge in [0.2, 0.25) is 0 Å². The van der Waals surface area contributed by atoms with Crippen molar-refractivity contribution in [1.29, 1.82) is 0 Å². The van der Waals surface area contributed by atoms with Gasteiger partial charge in [-0.05, 0) is 41.9 Å². The van der Waals surface area contributed by atoms with E-state index in [0.717, 1.165) is 30.5 Å². The second kappa shape index (κ2) is 6.17. The molecule has 0 fully saturated rings. The van der Waals surface area contributed by atoms with Crippen LogP contribution in [0.3, 0.4) is 0 Å². The Morgan fingerprint density at radius 3 is 2.05 bits per heavy atom. The van der Waals surface area contributed by atoms with Gasteiger partial charge in [-0.15, -0.1) is 11.6 Å². The number of alkyl halides is 4. The smallest absolute Gasteiger partial charge is 0.166 e. The van der Waals surface area contributed by atoms with Crippen LogP contribution in [0.2, 0.25) is 0 Å². The lowest BCUT2D eigenvalue weighted by Crippen LogP contribution is -2.19. The summed E-state index contributed by atoms with van der Waals surface area (Å²) in [6, 6.07) is 5.43. The zero-order valence-corrected chi connectivity index (χ0v) is 12.3. The molecule has 19 heavy (non-hydrogen) atoms. The van der Waals surface area contributed by atoms with E-state index in [-0.39, 0.29) is 5.41 Å². The largest absolute Gasteiger partial charge is 0.416 e. The van der Waals surface area contributed by atoms with Crippen molar-refractivity contribution in [2.24, 2.45) is 11.3 Å². The second-order valence-corrected chi connectivity index (χ2v) is 6.31. The van der Waals surface area contributed by atoms with Gasteiger partial charge in [0.25, 0.3) is 0 Å². The van der Waals surface area contributed by atoms with Gasteiger partial charge in [0.05, 0.1) is 5.56 Å². The first-order valence-corrected chi connectivity index (χ1v) is 6.89. The van der Waals surface area contributed by atoms with Crippen molar-refractivity contribution in [3.63, 3.8) is 0 Å². The van der Waals surface area contributed by atoms with E-state index in [1.54, 1.807) is 12.1 Å². The van der Waals surface area contributed by atoms with Gasteiger partial charge in [0.15, 0.2) is 0 Å². The Hall–Kier alpha value is -0.700. The summed E-state index contributed by atoms with van der Waals surface area (Å²) >= 11 is 5.81. The average Bonchev–Trinajstić information content (AvgIpc) is 2.27. The first kappa shape index (κ1) is 16.4. The lowest BCUT2D eigenvalue weighted by molar-refractivity contribution is -0.137. The minimum absolute atomic E-state index is 0.0358. The zero-order valence-electron chi connectivity index (χ0n) is 11.5. The van der Waals surface area contributed by atoms with E-state index in [4.69, 9.17) is 11.6 Å². The SMILES string of the molecule is CC(CCl)CC(C)(C)Cc1ccc(C(F)(F)F)cc1. The Morgan fingerprint density at radius 1 is 1.11 bits per heavy atom. The first-order valence-electron chi connectivity index (χ1n) is 6.36. The molecule has 0 N–H and O–H groups in total. The molecule has 1 aromatic carbocycles. The third-order valence-corrected chi connectivity index (χ3v) is 3.66. The maximum absolute atomic E-state index is 12.5. The van der Waals surface area contributed by atoms with Gasteiger partial charge >= 0.3 is 6.18 Å². The Balaban J connectivity index is 2.72. The van der Waals surface area contributed by atoms with Crippen molar-refractivity contribution in [2.75, 3.05) is 5.88 Å². The van der Waals surface area contributed by atoms with Gasteiger partial charge in [-0.2, -0.15) is 13.2 Å². The van der Waals surface area contributed by atoms with Gasteiger partial charge in [0.1, 0.15) is 0 Å². The lowest BCUT2D eigenvalue weighted by atomic mass is 9.79. The molecule has 4 heteroatoms. The standard InChI is InChI=1S/C15H20ClF3/c1-11(10-16)8-14(2,3)9-12-4-6-13(7-5-12)15(17,18)19/h4-7,11H,8-10H2,1-3H3. The Bertz CT molecular complexity index is 393. The van der Waals surface area contributed by atoms with Crippen molar-refractivity contribution in [1.82, 2.24) is 0 Å². The molecule has 0 heterocycles. The molecule has 1 unspecified atom stereocenters. The van der Waals surface area contributed by atoms with Crippen LogP contribution in [0.25, 0.3) is 0 Å². The molecule has 0 saturated carbocycles. The van der Waals surface area contributed by atoms with Crippen LogP contribution in [0.15, 0.2) is 24.3 Å². The predicted octanol–water partition coefficient (Wildman–Crippen LogP) is 5.54. The molecule has 0 nitrogen and oxygen atoms in total. The molecule has 1 rings (SSSR count). The zero-order chi connectivity index (χ0) is 14.7. The fourth-order valence-corrected chi connectivity index (χ4v) is 2.54. The second-order valence-electron chi connectivity index (χ2n) is 6.00. The monoisotopic (exact) mass is 292 g/mol. The molecule has 0 aromatic heterocycles. The van der Waals surface area contributed by atoms with E-state index < -0.39 is 11.7 Å². The van der Waals surface area contributed by atoms with Crippen LogP contribution in [0, 0.1) is 11.3 Å². The number of rotatable bonds is 5. The number of hydrogen-bond donors (Lipinski definition) is 0. The molecule has 108 valence electrons. The van der Waals surface area contributed by atoms with Crippen LogP contribution in [0.4, 0.5) is 13.2 Å². The minimum atomic E-state index is -4.26. The molecule has 1 aromatic rings. The van der Waals surface area contributed by atoms with Crippen LogP contribution < -0.4 is 0 Å². The highest BCUT2D eigenvalue weighted by molar-refractivity contribution is 6.18. The Labute approximate surface area is 118 Å². The first-order chi connectivity index (χ1) is 8.64. The Morgan fingerprint density at radius 2 is 1.63 bits per heavy atom. The van der Waals surface area contributed by atoms with Crippen molar-refractivity contribution in [2.45, 2.75) is 39.8 Å². The minimum Gasteiger partial charge on any atom is -0.166 e. The molecular formula is C15H20ClF3. The van der Waals surface area contributed by atoms with Crippen molar-refractivity contribution >= 4 is 11.6 Å². The summed E-state index contributed by atoms with van der Waals surface area (Å²) in [5.74, 6) is 1.02. The van der Waals surface area contributed by atoms with Gasteiger partial charge < -0.3 is 0 Å². The van der Waals surface area contributed by atoms with Crippen molar-refractivity contribution < 1.29 is 13.2 Å². The molecule has 0 aliphatic rings. The fourth-order valence-electron chi connectivity index (χ4n) is 2.43. The summed E-state index contributed by atoms with van der Waals surface area (Å²) in [5.41, 5.74) is 0.372. The van der Waals surface area contributed by atoms with Crippen LogP contribution in [-0.2, 0) is 12.6 Å². The highest BCUT2D eigenvalue weighted by atomic mass is 35.5. The van der Waals surface area contributed by atoms with E-state index in [2.05, 4.69) is 20.8 Å². The van der Waals surface area contributed by atoms with E-state index >= 15 is 0 Å². The van der Waals surface area contributed by atoms with Crippen LogP contribution >= 0.6 is 11.6 Å². The summed E-state index contributed by atoms with van der Waals surface area (Å²) in [4.78, 5) is 0. The number of halogens is 4. The molecule has 0 aliphatic heterocycles. The summed E-state index contributed by atoms with van der Waals surface area (Å²) in [6.07, 6.45) is -2.55. The van der Waals surface area contributed by atoms with Gasteiger partial charge in [-0.3, -0.25) is 0 Å². The highest BCUT2D eigenvalue weighted by Gasteiger charge is 2.30. The van der Waals surface area contributed by atoms with Crippen molar-refractivity contribution in [3.05, 3.63) is 35.4 Å². The fraction of sp³-hybridized carbons (Fsp3) is 0.600. The third kappa shape index (κ3) is 5.43. The molecule has 1 atom stereocenters. The quantitative estimate of drug-likeness (QED) is 0.625. The molecular weight excluding hydrogens is 273 g/mol. The van der Waals surface area contributed by atoms with E-state index in [9.17, 15) is 13.2 Å². The Kier molecular flexibility index (Phi) is 5.31. The summed E-state index contributed by atoms with van der Waals surface area (Å²) in [7, 11) is 0. The lowest BCUT2D eigenvalue weighted by Gasteiger charge is -2.27. The normalized spacial score (nSPS) is 14.5. The molecule has 0 aliphatic carbocycles.